The highest BCUT2D eigenvalue weighted by Crippen LogP contribution is 2.33. The standard InChI is InChI=1S/C13H24N2O3S/c1-19(17,18)15-7-2-4-11(10-15)8-12(16)9-13(14)5-3-6-13/h11H,2-10,14H2,1H3. The number of nitrogens with two attached hydrogens (primary N) is 1. The van der Waals surface area contributed by atoms with E-state index in [1.807, 2.05) is 0 Å². The summed E-state index contributed by atoms with van der Waals surface area (Å²) in [5, 5.41) is 0. The molecule has 1 aliphatic carbocycles. The Morgan fingerprint density at radius 2 is 2.05 bits per heavy atom. The molecule has 1 saturated carbocycles. The first-order valence-electron chi connectivity index (χ1n) is 7.04. The fourth-order valence-electron chi connectivity index (χ4n) is 3.09. The molecule has 19 heavy (non-hydrogen) atoms. The average Bonchev–Trinajstić information content (AvgIpc) is 2.26. The van der Waals surface area contributed by atoms with Crippen LogP contribution in [0.25, 0.3) is 0 Å². The first kappa shape index (κ1) is 14.9. The van der Waals surface area contributed by atoms with Crippen molar-refractivity contribution in [1.82, 2.24) is 4.31 Å². The SMILES string of the molecule is CS(=O)(=O)N1CCCC(CC(=O)CC2(N)CCC2)C1. The van der Waals surface area contributed by atoms with Crippen molar-refractivity contribution in [2.24, 2.45) is 11.7 Å². The van der Waals surface area contributed by atoms with Gasteiger partial charge in [-0.1, -0.05) is 0 Å². The van der Waals surface area contributed by atoms with Crippen LogP contribution in [0.4, 0.5) is 0 Å². The number of carbonyl (C=O) groups excluding carboxylic acids is 1. The van der Waals surface area contributed by atoms with Gasteiger partial charge in [-0.3, -0.25) is 4.79 Å². The fraction of sp³-hybridized carbons (Fsp3) is 0.923. The zero-order valence-electron chi connectivity index (χ0n) is 11.6. The predicted octanol–water partition coefficient (Wildman–Crippen LogP) is 0.889. The van der Waals surface area contributed by atoms with Crippen molar-refractivity contribution in [3.63, 3.8) is 0 Å². The maximum atomic E-state index is 12.0. The second-order valence-corrected chi connectivity index (χ2v) is 8.25. The second kappa shape index (κ2) is 5.50. The molecule has 0 aromatic rings. The number of hydrogen-bond acceptors (Lipinski definition) is 4. The lowest BCUT2D eigenvalue weighted by molar-refractivity contribution is -0.122. The summed E-state index contributed by atoms with van der Waals surface area (Å²) in [6, 6.07) is 0. The van der Waals surface area contributed by atoms with Gasteiger partial charge in [0.1, 0.15) is 5.78 Å². The lowest BCUT2D eigenvalue weighted by Gasteiger charge is -2.38. The Kier molecular flexibility index (Phi) is 4.32. The highest BCUT2D eigenvalue weighted by molar-refractivity contribution is 7.88. The van der Waals surface area contributed by atoms with E-state index >= 15 is 0 Å². The summed E-state index contributed by atoms with van der Waals surface area (Å²) in [6.07, 6.45) is 6.97. The largest absolute Gasteiger partial charge is 0.325 e. The molecule has 1 atom stereocenters. The van der Waals surface area contributed by atoms with Crippen LogP contribution < -0.4 is 5.73 Å². The molecular formula is C13H24N2O3S. The summed E-state index contributed by atoms with van der Waals surface area (Å²) in [4.78, 5) is 12.0. The summed E-state index contributed by atoms with van der Waals surface area (Å²) in [5.41, 5.74) is 5.82. The minimum absolute atomic E-state index is 0.166. The number of Topliss-reactive ketones (excluding diaryl/α,β-unsaturated/α-hetero) is 1. The van der Waals surface area contributed by atoms with Crippen molar-refractivity contribution in [3.8, 4) is 0 Å². The Labute approximate surface area is 115 Å². The smallest absolute Gasteiger partial charge is 0.211 e. The van der Waals surface area contributed by atoms with Crippen molar-refractivity contribution in [2.75, 3.05) is 19.3 Å². The second-order valence-electron chi connectivity index (χ2n) is 6.26. The van der Waals surface area contributed by atoms with Crippen molar-refractivity contribution < 1.29 is 13.2 Å². The third kappa shape index (κ3) is 4.00. The average molecular weight is 288 g/mol. The molecule has 0 spiro atoms. The van der Waals surface area contributed by atoms with Crippen LogP contribution in [-0.2, 0) is 14.8 Å². The molecule has 1 aliphatic heterocycles. The summed E-state index contributed by atoms with van der Waals surface area (Å²) >= 11 is 0. The molecule has 0 radical (unpaired) electrons. The van der Waals surface area contributed by atoms with Crippen LogP contribution in [0.2, 0.25) is 0 Å². The van der Waals surface area contributed by atoms with Gasteiger partial charge in [-0.2, -0.15) is 0 Å². The Balaban J connectivity index is 1.83. The molecule has 0 aromatic carbocycles. The third-order valence-corrected chi connectivity index (χ3v) is 5.64. The van der Waals surface area contributed by atoms with E-state index in [2.05, 4.69) is 0 Å². The van der Waals surface area contributed by atoms with Gasteiger partial charge in [-0.15, -0.1) is 0 Å². The lowest BCUT2D eigenvalue weighted by atomic mass is 9.73. The van der Waals surface area contributed by atoms with Crippen LogP contribution in [0.5, 0.6) is 0 Å². The van der Waals surface area contributed by atoms with E-state index in [0.717, 1.165) is 32.1 Å². The van der Waals surface area contributed by atoms with Crippen molar-refractivity contribution in [2.45, 2.75) is 50.5 Å². The minimum atomic E-state index is -3.13. The third-order valence-electron chi connectivity index (χ3n) is 4.37. The van der Waals surface area contributed by atoms with Crippen LogP contribution in [0, 0.1) is 5.92 Å². The van der Waals surface area contributed by atoms with E-state index in [1.54, 1.807) is 0 Å². The molecule has 6 heteroatoms. The van der Waals surface area contributed by atoms with E-state index in [1.165, 1.54) is 10.6 Å². The molecule has 2 N–H and O–H groups in total. The maximum absolute atomic E-state index is 12.0. The van der Waals surface area contributed by atoms with Gasteiger partial charge in [0, 0.05) is 31.5 Å². The van der Waals surface area contributed by atoms with Gasteiger partial charge in [0.2, 0.25) is 10.0 Å². The number of carbonyl (C=O) groups is 1. The summed E-state index contributed by atoms with van der Waals surface area (Å²) < 4.78 is 24.5. The summed E-state index contributed by atoms with van der Waals surface area (Å²) in [7, 11) is -3.13. The topological polar surface area (TPSA) is 80.5 Å². The van der Waals surface area contributed by atoms with E-state index in [4.69, 9.17) is 5.73 Å². The Bertz CT molecular complexity index is 443. The normalized spacial score (nSPS) is 27.8. The van der Waals surface area contributed by atoms with Gasteiger partial charge < -0.3 is 5.73 Å². The minimum Gasteiger partial charge on any atom is -0.325 e. The molecule has 2 fully saturated rings. The zero-order chi connectivity index (χ0) is 14.1. The van der Waals surface area contributed by atoms with Gasteiger partial charge in [0.15, 0.2) is 0 Å². The van der Waals surface area contributed by atoms with Gasteiger partial charge >= 0.3 is 0 Å². The Morgan fingerprint density at radius 1 is 1.37 bits per heavy atom. The van der Waals surface area contributed by atoms with E-state index in [0.29, 0.717) is 25.9 Å². The zero-order valence-corrected chi connectivity index (χ0v) is 12.4. The molecule has 0 bridgehead atoms. The molecule has 1 saturated heterocycles. The van der Waals surface area contributed by atoms with Crippen LogP contribution in [0.1, 0.15) is 44.9 Å². The van der Waals surface area contributed by atoms with E-state index in [-0.39, 0.29) is 17.2 Å². The van der Waals surface area contributed by atoms with Crippen LogP contribution >= 0.6 is 0 Å². The Hall–Kier alpha value is -0.460. The number of hydrogen-bond donors (Lipinski definition) is 1. The molecule has 1 unspecified atom stereocenters. The molecule has 2 rings (SSSR count). The number of nitrogens with zero attached hydrogens (tertiary/aromatic N) is 1. The number of rotatable bonds is 5. The quantitative estimate of drug-likeness (QED) is 0.814. The molecule has 1 heterocycles. The molecule has 0 amide bonds. The number of piperidine rings is 1. The van der Waals surface area contributed by atoms with Gasteiger partial charge in [-0.05, 0) is 38.0 Å². The predicted molar refractivity (Wildman–Crippen MR) is 74.2 cm³/mol. The molecule has 110 valence electrons. The van der Waals surface area contributed by atoms with E-state index < -0.39 is 10.0 Å². The molecular weight excluding hydrogens is 264 g/mol. The lowest BCUT2D eigenvalue weighted by Crippen LogP contribution is -2.48. The molecule has 0 aromatic heterocycles. The first-order chi connectivity index (χ1) is 8.78. The molecule has 5 nitrogen and oxygen atoms in total. The Morgan fingerprint density at radius 3 is 2.58 bits per heavy atom. The number of sulfonamides is 1. The maximum Gasteiger partial charge on any atom is 0.211 e. The van der Waals surface area contributed by atoms with Crippen LogP contribution in [0.15, 0.2) is 0 Å². The monoisotopic (exact) mass is 288 g/mol. The highest BCUT2D eigenvalue weighted by atomic mass is 32.2. The summed E-state index contributed by atoms with van der Waals surface area (Å²) in [5.74, 6) is 0.363. The highest BCUT2D eigenvalue weighted by Gasteiger charge is 2.35. The van der Waals surface area contributed by atoms with Gasteiger partial charge in [0.05, 0.1) is 6.26 Å². The van der Waals surface area contributed by atoms with Crippen LogP contribution in [-0.4, -0.2) is 43.4 Å². The van der Waals surface area contributed by atoms with Crippen molar-refractivity contribution >= 4 is 15.8 Å². The van der Waals surface area contributed by atoms with Gasteiger partial charge in [-0.25, -0.2) is 12.7 Å². The first-order valence-corrected chi connectivity index (χ1v) is 8.89. The summed E-state index contributed by atoms with van der Waals surface area (Å²) in [6.45, 7) is 1.08. The fourth-order valence-corrected chi connectivity index (χ4v) is 4.03. The van der Waals surface area contributed by atoms with E-state index in [9.17, 15) is 13.2 Å². The van der Waals surface area contributed by atoms with Gasteiger partial charge in [0.25, 0.3) is 0 Å². The van der Waals surface area contributed by atoms with Crippen molar-refractivity contribution in [3.05, 3.63) is 0 Å². The number of ketones is 1. The van der Waals surface area contributed by atoms with Crippen molar-refractivity contribution in [1.29, 1.82) is 0 Å². The van der Waals surface area contributed by atoms with Crippen LogP contribution in [0.3, 0.4) is 0 Å². The molecule has 2 aliphatic rings.